The zero-order valence-electron chi connectivity index (χ0n) is 20.3. The molecular weight excluding hydrogens is 498 g/mol. The number of esters is 1. The molecule has 3 heterocycles. The summed E-state index contributed by atoms with van der Waals surface area (Å²) in [5.41, 5.74) is 2.81. The number of thioether (sulfide) groups is 1. The van der Waals surface area contributed by atoms with E-state index in [0.29, 0.717) is 21.4 Å². The Hall–Kier alpha value is -3.70. The summed E-state index contributed by atoms with van der Waals surface area (Å²) in [6.07, 6.45) is 5.10. The van der Waals surface area contributed by atoms with Gasteiger partial charge in [-0.2, -0.15) is 5.10 Å². The van der Waals surface area contributed by atoms with Crippen molar-refractivity contribution in [2.75, 3.05) is 22.6 Å². The number of amides is 2. The van der Waals surface area contributed by atoms with Crippen LogP contribution in [0, 0.1) is 13.8 Å². The summed E-state index contributed by atoms with van der Waals surface area (Å²) >= 11 is 2.47. The van der Waals surface area contributed by atoms with Gasteiger partial charge in [0.1, 0.15) is 10.7 Å². The van der Waals surface area contributed by atoms with Crippen LogP contribution in [-0.4, -0.2) is 45.1 Å². The lowest BCUT2D eigenvalue weighted by atomic mass is 10.1. The monoisotopic (exact) mass is 523 g/mol. The Morgan fingerprint density at radius 1 is 1.22 bits per heavy atom. The Kier molecular flexibility index (Phi) is 7.70. The number of hydrogen-bond acceptors (Lipinski definition) is 8. The molecule has 2 amide bonds. The fourth-order valence-electron chi connectivity index (χ4n) is 3.53. The Bertz CT molecular complexity index is 1370. The standard InChI is InChI=1S/C25H25N5O4S2/c1-5-34-24(33)21-15(2)16(3)36-22(21)28-20(31)14-35-25-27-19(11-17-12-26-29(4)13-17)23(32)30(25)18-9-7-6-8-10-18/h6-13H,5,14H2,1-4H3,(H,28,31)/b19-11+. The first-order valence-corrected chi connectivity index (χ1v) is 13.0. The molecule has 1 aliphatic rings. The molecule has 3 aromatic rings. The van der Waals surface area contributed by atoms with Crippen molar-refractivity contribution in [2.24, 2.45) is 12.0 Å². The van der Waals surface area contributed by atoms with Crippen molar-refractivity contribution < 1.29 is 19.1 Å². The first-order valence-electron chi connectivity index (χ1n) is 11.2. The van der Waals surface area contributed by atoms with Crippen LogP contribution in [0.5, 0.6) is 0 Å². The first kappa shape index (κ1) is 25.4. The highest BCUT2D eigenvalue weighted by atomic mass is 32.2. The van der Waals surface area contributed by atoms with E-state index in [4.69, 9.17) is 4.74 Å². The Morgan fingerprint density at radius 2 is 1.97 bits per heavy atom. The number of aryl methyl sites for hydroxylation is 2. The number of benzene rings is 1. The van der Waals surface area contributed by atoms with Crippen LogP contribution in [0.2, 0.25) is 0 Å². The van der Waals surface area contributed by atoms with E-state index in [9.17, 15) is 14.4 Å². The van der Waals surface area contributed by atoms with Crippen molar-refractivity contribution in [3.8, 4) is 0 Å². The van der Waals surface area contributed by atoms with Crippen LogP contribution in [0.25, 0.3) is 6.08 Å². The number of nitrogens with zero attached hydrogens (tertiary/aromatic N) is 4. The maximum atomic E-state index is 13.2. The molecular formula is C25H25N5O4S2. The van der Waals surface area contributed by atoms with Crippen molar-refractivity contribution in [1.29, 1.82) is 0 Å². The van der Waals surface area contributed by atoms with Gasteiger partial charge in [-0.05, 0) is 44.5 Å². The van der Waals surface area contributed by atoms with Crippen LogP contribution in [0.15, 0.2) is 53.4 Å². The highest BCUT2D eigenvalue weighted by Gasteiger charge is 2.32. The Labute approximate surface area is 216 Å². The number of aromatic nitrogens is 2. The van der Waals surface area contributed by atoms with Gasteiger partial charge in [-0.25, -0.2) is 9.79 Å². The van der Waals surface area contributed by atoms with Crippen molar-refractivity contribution in [1.82, 2.24) is 9.78 Å². The van der Waals surface area contributed by atoms with E-state index in [1.165, 1.54) is 16.2 Å². The van der Waals surface area contributed by atoms with E-state index in [0.717, 1.165) is 27.8 Å². The van der Waals surface area contributed by atoms with Crippen molar-refractivity contribution in [2.45, 2.75) is 20.8 Å². The van der Waals surface area contributed by atoms with Crippen LogP contribution < -0.4 is 10.2 Å². The molecule has 0 spiro atoms. The molecule has 0 atom stereocenters. The van der Waals surface area contributed by atoms with E-state index in [1.54, 1.807) is 37.1 Å². The second-order valence-corrected chi connectivity index (χ2v) is 10.1. The van der Waals surface area contributed by atoms with E-state index in [-0.39, 0.29) is 29.9 Å². The van der Waals surface area contributed by atoms with Gasteiger partial charge in [0.25, 0.3) is 5.91 Å². The Morgan fingerprint density at radius 3 is 2.64 bits per heavy atom. The first-order chi connectivity index (χ1) is 17.3. The molecule has 2 aromatic heterocycles. The third-order valence-corrected chi connectivity index (χ3v) is 7.38. The molecule has 36 heavy (non-hydrogen) atoms. The topological polar surface area (TPSA) is 106 Å². The zero-order chi connectivity index (χ0) is 25.8. The second kappa shape index (κ2) is 10.9. The molecule has 0 unspecified atom stereocenters. The van der Waals surface area contributed by atoms with Crippen LogP contribution in [0.4, 0.5) is 10.7 Å². The van der Waals surface area contributed by atoms with Gasteiger partial charge in [0.2, 0.25) is 5.91 Å². The maximum absolute atomic E-state index is 13.2. The summed E-state index contributed by atoms with van der Waals surface area (Å²) in [4.78, 5) is 45.5. The van der Waals surface area contributed by atoms with Crippen molar-refractivity contribution in [3.05, 3.63) is 70.0 Å². The molecule has 1 N–H and O–H groups in total. The minimum Gasteiger partial charge on any atom is -0.462 e. The molecule has 186 valence electrons. The molecule has 0 aliphatic carbocycles. The van der Waals surface area contributed by atoms with Crippen molar-refractivity contribution >= 4 is 62.8 Å². The highest BCUT2D eigenvalue weighted by molar-refractivity contribution is 8.14. The summed E-state index contributed by atoms with van der Waals surface area (Å²) in [7, 11) is 1.79. The SMILES string of the molecule is CCOC(=O)c1c(NC(=O)CSC2=N/C(=C/c3cnn(C)c3)C(=O)N2c2ccccc2)sc(C)c1C. The number of carbonyl (C=O) groups excluding carboxylic acids is 3. The molecule has 0 saturated heterocycles. The molecule has 4 rings (SSSR count). The number of anilines is 2. The number of carbonyl (C=O) groups is 3. The Balaban J connectivity index is 1.54. The van der Waals surface area contributed by atoms with Crippen molar-refractivity contribution in [3.63, 3.8) is 0 Å². The van der Waals surface area contributed by atoms with E-state index >= 15 is 0 Å². The highest BCUT2D eigenvalue weighted by Crippen LogP contribution is 2.34. The summed E-state index contributed by atoms with van der Waals surface area (Å²) in [5.74, 6) is -1.08. The summed E-state index contributed by atoms with van der Waals surface area (Å²) in [6, 6.07) is 9.14. The van der Waals surface area contributed by atoms with Gasteiger partial charge in [-0.15, -0.1) is 11.3 Å². The molecule has 0 saturated carbocycles. The number of rotatable bonds is 7. The molecule has 0 fully saturated rings. The summed E-state index contributed by atoms with van der Waals surface area (Å²) < 4.78 is 6.80. The molecule has 11 heteroatoms. The quantitative estimate of drug-likeness (QED) is 0.364. The predicted molar refractivity (Wildman–Crippen MR) is 143 cm³/mol. The third kappa shape index (κ3) is 5.42. The normalized spacial score (nSPS) is 14.3. The van der Waals surface area contributed by atoms with Gasteiger partial charge in [-0.3, -0.25) is 19.2 Å². The minimum atomic E-state index is -0.464. The van der Waals surface area contributed by atoms with Gasteiger partial charge >= 0.3 is 5.97 Å². The predicted octanol–water partition coefficient (Wildman–Crippen LogP) is 4.39. The van der Waals surface area contributed by atoms with Crippen LogP contribution in [0.1, 0.15) is 33.3 Å². The van der Waals surface area contributed by atoms with E-state index in [1.807, 2.05) is 44.2 Å². The fraction of sp³-hybridized carbons (Fsp3) is 0.240. The fourth-order valence-corrected chi connectivity index (χ4v) is 5.40. The number of amidine groups is 1. The molecule has 0 bridgehead atoms. The van der Waals surface area contributed by atoms with Gasteiger partial charge in [0.15, 0.2) is 5.17 Å². The zero-order valence-corrected chi connectivity index (χ0v) is 21.9. The van der Waals surface area contributed by atoms with E-state index in [2.05, 4.69) is 15.4 Å². The average molecular weight is 524 g/mol. The lowest BCUT2D eigenvalue weighted by molar-refractivity contribution is -0.114. The molecule has 9 nitrogen and oxygen atoms in total. The summed E-state index contributed by atoms with van der Waals surface area (Å²) in [5, 5.41) is 7.80. The van der Waals surface area contributed by atoms with Gasteiger partial charge in [0.05, 0.1) is 29.8 Å². The minimum absolute atomic E-state index is 0.00607. The molecule has 1 aliphatic heterocycles. The van der Waals surface area contributed by atoms with Crippen LogP contribution in [-0.2, 0) is 21.4 Å². The lowest BCUT2D eigenvalue weighted by Crippen LogP contribution is -2.31. The summed E-state index contributed by atoms with van der Waals surface area (Å²) in [6.45, 7) is 5.70. The van der Waals surface area contributed by atoms with Crippen LogP contribution in [0.3, 0.4) is 0 Å². The van der Waals surface area contributed by atoms with E-state index < -0.39 is 5.97 Å². The number of thiophene rings is 1. The number of ether oxygens (including phenoxy) is 1. The maximum Gasteiger partial charge on any atom is 0.341 e. The number of hydrogen-bond donors (Lipinski definition) is 1. The number of nitrogens with one attached hydrogen (secondary N) is 1. The van der Waals surface area contributed by atoms with Gasteiger partial charge in [0, 0.05) is 23.7 Å². The number of aliphatic imine (C=N–C) groups is 1. The molecule has 1 aromatic carbocycles. The lowest BCUT2D eigenvalue weighted by Gasteiger charge is -2.17. The smallest absolute Gasteiger partial charge is 0.341 e. The average Bonchev–Trinajstić information content (AvgIpc) is 3.48. The second-order valence-electron chi connectivity index (χ2n) is 7.89. The molecule has 0 radical (unpaired) electrons. The van der Waals surface area contributed by atoms with Gasteiger partial charge < -0.3 is 10.1 Å². The third-order valence-electron chi connectivity index (χ3n) is 5.32. The van der Waals surface area contributed by atoms with Crippen LogP contribution >= 0.6 is 23.1 Å². The largest absolute Gasteiger partial charge is 0.462 e. The number of para-hydroxylation sites is 1. The van der Waals surface area contributed by atoms with Gasteiger partial charge in [-0.1, -0.05) is 30.0 Å².